The highest BCUT2D eigenvalue weighted by Gasteiger charge is 2.15. The van der Waals surface area contributed by atoms with Gasteiger partial charge in [-0.3, -0.25) is 0 Å². The number of benzene rings is 1. The van der Waals surface area contributed by atoms with E-state index < -0.39 is 0 Å². The van der Waals surface area contributed by atoms with Gasteiger partial charge in [0.2, 0.25) is 0 Å². The highest BCUT2D eigenvalue weighted by Crippen LogP contribution is 2.34. The van der Waals surface area contributed by atoms with Crippen LogP contribution in [0, 0.1) is 0 Å². The molecular formula is C13H18O2S2. The Morgan fingerprint density at radius 2 is 1.65 bits per heavy atom. The fraction of sp³-hybridized carbons (Fsp3) is 0.538. The van der Waals surface area contributed by atoms with Gasteiger partial charge in [-0.15, -0.1) is 23.5 Å². The minimum Gasteiger partial charge on any atom is -0.497 e. The van der Waals surface area contributed by atoms with Crippen LogP contribution in [-0.4, -0.2) is 30.3 Å². The van der Waals surface area contributed by atoms with Crippen LogP contribution in [0.1, 0.15) is 12.0 Å². The molecule has 1 aromatic rings. The molecule has 2 nitrogen and oxygen atoms in total. The molecule has 2 rings (SSSR count). The standard InChI is InChI=1S/C13H18O2S2/c1-14-11-6-10(7-12(9-11)15-2)8-13-16-4-3-5-17-13/h6-7,9,13H,3-5,8H2,1-2H3. The summed E-state index contributed by atoms with van der Waals surface area (Å²) >= 11 is 4.13. The van der Waals surface area contributed by atoms with Gasteiger partial charge in [0, 0.05) is 6.07 Å². The third-order valence-electron chi connectivity index (χ3n) is 2.71. The molecular weight excluding hydrogens is 252 g/mol. The summed E-state index contributed by atoms with van der Waals surface area (Å²) in [5.74, 6) is 4.34. The highest BCUT2D eigenvalue weighted by atomic mass is 32.2. The van der Waals surface area contributed by atoms with E-state index >= 15 is 0 Å². The van der Waals surface area contributed by atoms with E-state index in [1.165, 1.54) is 23.5 Å². The van der Waals surface area contributed by atoms with Gasteiger partial charge in [0.15, 0.2) is 0 Å². The number of ether oxygens (including phenoxy) is 2. The van der Waals surface area contributed by atoms with Crippen LogP contribution in [0.2, 0.25) is 0 Å². The first-order valence-corrected chi connectivity index (χ1v) is 7.86. The fourth-order valence-corrected chi connectivity index (χ4v) is 4.74. The first-order valence-electron chi connectivity index (χ1n) is 5.77. The van der Waals surface area contributed by atoms with Gasteiger partial charge < -0.3 is 9.47 Å². The average molecular weight is 270 g/mol. The summed E-state index contributed by atoms with van der Waals surface area (Å²) < 4.78 is 11.3. The molecule has 1 aliphatic rings. The summed E-state index contributed by atoms with van der Waals surface area (Å²) in [5.41, 5.74) is 1.30. The smallest absolute Gasteiger partial charge is 0.122 e. The van der Waals surface area contributed by atoms with Gasteiger partial charge in [0.25, 0.3) is 0 Å². The van der Waals surface area contributed by atoms with E-state index in [2.05, 4.69) is 35.7 Å². The number of hydrogen-bond acceptors (Lipinski definition) is 4. The lowest BCUT2D eigenvalue weighted by Crippen LogP contribution is -2.09. The normalized spacial score (nSPS) is 16.8. The Morgan fingerprint density at radius 1 is 1.06 bits per heavy atom. The zero-order chi connectivity index (χ0) is 12.1. The topological polar surface area (TPSA) is 18.5 Å². The Morgan fingerprint density at radius 3 is 2.18 bits per heavy atom. The third-order valence-corrected chi connectivity index (χ3v) is 5.65. The van der Waals surface area contributed by atoms with Crippen LogP contribution in [0.25, 0.3) is 0 Å². The molecule has 0 bridgehead atoms. The van der Waals surface area contributed by atoms with Gasteiger partial charge in [-0.2, -0.15) is 0 Å². The fourth-order valence-electron chi connectivity index (χ4n) is 1.83. The molecule has 0 atom stereocenters. The summed E-state index contributed by atoms with van der Waals surface area (Å²) in [4.78, 5) is 0. The average Bonchev–Trinajstić information content (AvgIpc) is 2.39. The van der Waals surface area contributed by atoms with Crippen LogP contribution in [-0.2, 0) is 6.42 Å². The molecule has 1 saturated heterocycles. The minimum absolute atomic E-state index is 0.681. The van der Waals surface area contributed by atoms with Crippen molar-refractivity contribution in [2.24, 2.45) is 0 Å². The van der Waals surface area contributed by atoms with Gasteiger partial charge in [0.1, 0.15) is 11.5 Å². The SMILES string of the molecule is COc1cc(CC2SCCCS2)cc(OC)c1. The second-order valence-corrected chi connectivity index (χ2v) is 6.87. The molecule has 1 fully saturated rings. The van der Waals surface area contributed by atoms with Gasteiger partial charge >= 0.3 is 0 Å². The molecule has 4 heteroatoms. The quantitative estimate of drug-likeness (QED) is 0.834. The molecule has 0 N–H and O–H groups in total. The number of rotatable bonds is 4. The maximum atomic E-state index is 5.29. The number of hydrogen-bond donors (Lipinski definition) is 0. The molecule has 0 unspecified atom stereocenters. The van der Waals surface area contributed by atoms with Gasteiger partial charge in [0.05, 0.1) is 18.8 Å². The maximum absolute atomic E-state index is 5.29. The van der Waals surface area contributed by atoms with E-state index in [-0.39, 0.29) is 0 Å². The van der Waals surface area contributed by atoms with Crippen molar-refractivity contribution >= 4 is 23.5 Å². The van der Waals surface area contributed by atoms with Crippen LogP contribution < -0.4 is 9.47 Å². The Kier molecular flexibility index (Phi) is 4.92. The number of methoxy groups -OCH3 is 2. The van der Waals surface area contributed by atoms with Gasteiger partial charge in [-0.25, -0.2) is 0 Å². The second kappa shape index (κ2) is 6.45. The van der Waals surface area contributed by atoms with Crippen LogP contribution in [0.5, 0.6) is 11.5 Å². The lowest BCUT2D eigenvalue weighted by Gasteiger charge is -2.21. The summed E-state index contributed by atoms with van der Waals surface area (Å²) in [5, 5.41) is 0. The Labute approximate surface area is 111 Å². The van der Waals surface area contributed by atoms with Crippen molar-refractivity contribution in [3.63, 3.8) is 0 Å². The van der Waals surface area contributed by atoms with E-state index in [1.807, 2.05) is 6.07 Å². The molecule has 0 spiro atoms. The Bertz CT molecular complexity index is 340. The van der Waals surface area contributed by atoms with Gasteiger partial charge in [-0.1, -0.05) is 0 Å². The molecule has 0 aromatic heterocycles. The Balaban J connectivity index is 2.07. The second-order valence-electron chi connectivity index (χ2n) is 3.95. The predicted molar refractivity (Wildman–Crippen MR) is 76.6 cm³/mol. The predicted octanol–water partition coefficient (Wildman–Crippen LogP) is 3.44. The van der Waals surface area contributed by atoms with Crippen LogP contribution in [0.4, 0.5) is 0 Å². The van der Waals surface area contributed by atoms with E-state index in [4.69, 9.17) is 9.47 Å². The largest absolute Gasteiger partial charge is 0.497 e. The molecule has 1 heterocycles. The summed E-state index contributed by atoms with van der Waals surface area (Å²) in [6.07, 6.45) is 2.43. The summed E-state index contributed by atoms with van der Waals surface area (Å²) in [7, 11) is 3.39. The Hall–Kier alpha value is -0.480. The lowest BCUT2D eigenvalue weighted by atomic mass is 10.1. The van der Waals surface area contributed by atoms with Crippen molar-refractivity contribution in [1.29, 1.82) is 0 Å². The van der Waals surface area contributed by atoms with E-state index in [0.29, 0.717) is 4.58 Å². The molecule has 1 aromatic carbocycles. The van der Waals surface area contributed by atoms with Crippen molar-refractivity contribution < 1.29 is 9.47 Å². The highest BCUT2D eigenvalue weighted by molar-refractivity contribution is 8.17. The summed E-state index contributed by atoms with van der Waals surface area (Å²) in [6.45, 7) is 0. The lowest BCUT2D eigenvalue weighted by molar-refractivity contribution is 0.393. The van der Waals surface area contributed by atoms with Crippen molar-refractivity contribution in [3.8, 4) is 11.5 Å². The first kappa shape index (κ1) is 13.0. The van der Waals surface area contributed by atoms with E-state index in [1.54, 1.807) is 14.2 Å². The molecule has 0 aliphatic carbocycles. The minimum atomic E-state index is 0.681. The van der Waals surface area contributed by atoms with Crippen molar-refractivity contribution in [3.05, 3.63) is 23.8 Å². The number of thioether (sulfide) groups is 2. The van der Waals surface area contributed by atoms with Crippen LogP contribution in [0.3, 0.4) is 0 Å². The molecule has 0 amide bonds. The zero-order valence-corrected chi connectivity index (χ0v) is 11.9. The third kappa shape index (κ3) is 3.75. The van der Waals surface area contributed by atoms with E-state index in [9.17, 15) is 0 Å². The van der Waals surface area contributed by atoms with Crippen LogP contribution >= 0.6 is 23.5 Å². The monoisotopic (exact) mass is 270 g/mol. The van der Waals surface area contributed by atoms with Crippen molar-refractivity contribution in [2.75, 3.05) is 25.7 Å². The van der Waals surface area contributed by atoms with E-state index in [0.717, 1.165) is 17.9 Å². The molecule has 17 heavy (non-hydrogen) atoms. The molecule has 0 saturated carbocycles. The van der Waals surface area contributed by atoms with Crippen molar-refractivity contribution in [1.82, 2.24) is 0 Å². The molecule has 0 radical (unpaired) electrons. The zero-order valence-electron chi connectivity index (χ0n) is 10.3. The van der Waals surface area contributed by atoms with Gasteiger partial charge in [-0.05, 0) is 42.0 Å². The van der Waals surface area contributed by atoms with Crippen molar-refractivity contribution in [2.45, 2.75) is 17.4 Å². The molecule has 1 aliphatic heterocycles. The maximum Gasteiger partial charge on any atom is 0.122 e. The summed E-state index contributed by atoms with van der Waals surface area (Å²) in [6, 6.07) is 6.14. The molecule has 94 valence electrons. The van der Waals surface area contributed by atoms with Crippen LogP contribution in [0.15, 0.2) is 18.2 Å². The first-order chi connectivity index (χ1) is 8.31.